The zero-order valence-corrected chi connectivity index (χ0v) is 7.48. The highest BCUT2D eigenvalue weighted by atomic mass is 16.2. The highest BCUT2D eigenvalue weighted by molar-refractivity contribution is 6.01. The highest BCUT2D eigenvalue weighted by Crippen LogP contribution is 2.19. The molecule has 12 heavy (non-hydrogen) atoms. The maximum Gasteiger partial charge on any atom is 0.251 e. The SMILES string of the molecule is C=C/C(C)=C1/CNC(=O)/C1=C/C. The standard InChI is InChI=1S/C10H13NO/c1-4-7(3)9-6-11-10(12)8(9)5-2/h4-5H,1,6H2,2-3H3,(H,11,12)/b8-5+,9-7-. The maximum atomic E-state index is 11.2. The van der Waals surface area contributed by atoms with Crippen LogP contribution in [0.1, 0.15) is 13.8 Å². The van der Waals surface area contributed by atoms with Crippen LogP contribution in [0.2, 0.25) is 0 Å². The normalized spacial score (nSPS) is 24.2. The monoisotopic (exact) mass is 163 g/mol. The van der Waals surface area contributed by atoms with E-state index in [-0.39, 0.29) is 5.91 Å². The van der Waals surface area contributed by atoms with Gasteiger partial charge in [0.05, 0.1) is 0 Å². The summed E-state index contributed by atoms with van der Waals surface area (Å²) in [5.41, 5.74) is 2.92. The van der Waals surface area contributed by atoms with Gasteiger partial charge in [0, 0.05) is 12.1 Å². The molecular formula is C10H13NO. The lowest BCUT2D eigenvalue weighted by atomic mass is 10.0. The lowest BCUT2D eigenvalue weighted by Gasteiger charge is -1.98. The molecule has 1 amide bonds. The van der Waals surface area contributed by atoms with Crippen LogP contribution in [0.25, 0.3) is 0 Å². The minimum Gasteiger partial charge on any atom is -0.348 e. The first-order valence-corrected chi connectivity index (χ1v) is 3.97. The first-order valence-electron chi connectivity index (χ1n) is 3.97. The summed E-state index contributed by atoms with van der Waals surface area (Å²) in [4.78, 5) is 11.2. The van der Waals surface area contributed by atoms with Crippen LogP contribution in [0, 0.1) is 0 Å². The summed E-state index contributed by atoms with van der Waals surface area (Å²) in [6, 6.07) is 0. The minimum absolute atomic E-state index is 0.0219. The van der Waals surface area contributed by atoms with Gasteiger partial charge in [-0.15, -0.1) is 0 Å². The topological polar surface area (TPSA) is 29.1 Å². The largest absolute Gasteiger partial charge is 0.348 e. The van der Waals surface area contributed by atoms with Crippen molar-refractivity contribution in [1.82, 2.24) is 5.32 Å². The minimum atomic E-state index is 0.0219. The fraction of sp³-hybridized carbons (Fsp3) is 0.300. The van der Waals surface area contributed by atoms with Crippen molar-refractivity contribution in [1.29, 1.82) is 0 Å². The first-order chi connectivity index (χ1) is 5.70. The molecule has 0 aromatic heterocycles. The van der Waals surface area contributed by atoms with E-state index >= 15 is 0 Å². The number of allylic oxidation sites excluding steroid dienone is 3. The Hall–Kier alpha value is -1.31. The molecule has 0 aliphatic carbocycles. The lowest BCUT2D eigenvalue weighted by molar-refractivity contribution is -0.116. The summed E-state index contributed by atoms with van der Waals surface area (Å²) in [5, 5.41) is 2.77. The van der Waals surface area contributed by atoms with Crippen LogP contribution in [-0.4, -0.2) is 12.5 Å². The number of hydrogen-bond donors (Lipinski definition) is 1. The third kappa shape index (κ3) is 1.33. The number of carbonyl (C=O) groups excluding carboxylic acids is 1. The number of hydrogen-bond acceptors (Lipinski definition) is 1. The van der Waals surface area contributed by atoms with Gasteiger partial charge in [-0.2, -0.15) is 0 Å². The fourth-order valence-electron chi connectivity index (χ4n) is 1.28. The van der Waals surface area contributed by atoms with Gasteiger partial charge < -0.3 is 5.32 Å². The second kappa shape index (κ2) is 3.39. The van der Waals surface area contributed by atoms with E-state index in [2.05, 4.69) is 11.9 Å². The number of nitrogens with one attached hydrogen (secondary N) is 1. The Bertz CT molecular complexity index is 284. The van der Waals surface area contributed by atoms with E-state index < -0.39 is 0 Å². The van der Waals surface area contributed by atoms with Crippen LogP contribution < -0.4 is 5.32 Å². The fourth-order valence-corrected chi connectivity index (χ4v) is 1.28. The van der Waals surface area contributed by atoms with Crippen molar-refractivity contribution in [3.63, 3.8) is 0 Å². The van der Waals surface area contributed by atoms with Crippen molar-refractivity contribution >= 4 is 5.91 Å². The predicted molar refractivity (Wildman–Crippen MR) is 49.7 cm³/mol. The van der Waals surface area contributed by atoms with E-state index in [9.17, 15) is 4.79 Å². The van der Waals surface area contributed by atoms with Gasteiger partial charge in [0.2, 0.25) is 0 Å². The molecule has 0 atom stereocenters. The van der Waals surface area contributed by atoms with Crippen molar-refractivity contribution in [2.75, 3.05) is 6.54 Å². The molecule has 0 aromatic rings. The van der Waals surface area contributed by atoms with E-state index in [4.69, 9.17) is 0 Å². The molecular weight excluding hydrogens is 150 g/mol. The molecule has 64 valence electrons. The van der Waals surface area contributed by atoms with E-state index in [0.717, 1.165) is 16.7 Å². The molecule has 2 heteroatoms. The molecule has 1 fully saturated rings. The Labute approximate surface area is 72.7 Å². The van der Waals surface area contributed by atoms with Gasteiger partial charge in [0.25, 0.3) is 5.91 Å². The van der Waals surface area contributed by atoms with Gasteiger partial charge in [0.1, 0.15) is 0 Å². The Morgan fingerprint density at radius 3 is 2.83 bits per heavy atom. The molecule has 0 radical (unpaired) electrons. The Morgan fingerprint density at radius 1 is 1.67 bits per heavy atom. The first kappa shape index (κ1) is 8.78. The average molecular weight is 163 g/mol. The molecule has 0 bridgehead atoms. The molecule has 0 saturated carbocycles. The summed E-state index contributed by atoms with van der Waals surface area (Å²) in [6.45, 7) is 8.15. The molecule has 2 nitrogen and oxygen atoms in total. The third-order valence-electron chi connectivity index (χ3n) is 2.07. The van der Waals surface area contributed by atoms with Gasteiger partial charge in [-0.25, -0.2) is 0 Å². The van der Waals surface area contributed by atoms with Gasteiger partial charge >= 0.3 is 0 Å². The van der Waals surface area contributed by atoms with E-state index in [1.807, 2.05) is 19.9 Å². The summed E-state index contributed by atoms with van der Waals surface area (Å²) in [7, 11) is 0. The molecule has 0 aromatic carbocycles. The molecule has 1 saturated heterocycles. The van der Waals surface area contributed by atoms with E-state index in [0.29, 0.717) is 6.54 Å². The van der Waals surface area contributed by atoms with Crippen LogP contribution >= 0.6 is 0 Å². The number of carbonyl (C=O) groups is 1. The predicted octanol–water partition coefficient (Wildman–Crippen LogP) is 1.56. The van der Waals surface area contributed by atoms with Crippen molar-refractivity contribution in [2.45, 2.75) is 13.8 Å². The molecule has 1 aliphatic rings. The second-order valence-electron chi connectivity index (χ2n) is 2.75. The van der Waals surface area contributed by atoms with Crippen LogP contribution in [0.4, 0.5) is 0 Å². The maximum absolute atomic E-state index is 11.2. The quantitative estimate of drug-likeness (QED) is 0.584. The summed E-state index contributed by atoms with van der Waals surface area (Å²) < 4.78 is 0. The van der Waals surface area contributed by atoms with E-state index in [1.165, 1.54) is 0 Å². The molecule has 0 unspecified atom stereocenters. The van der Waals surface area contributed by atoms with E-state index in [1.54, 1.807) is 6.08 Å². The Morgan fingerprint density at radius 2 is 2.33 bits per heavy atom. The second-order valence-corrected chi connectivity index (χ2v) is 2.75. The summed E-state index contributed by atoms with van der Waals surface area (Å²) in [5.74, 6) is 0.0219. The van der Waals surface area contributed by atoms with Crippen molar-refractivity contribution in [3.05, 3.63) is 35.5 Å². The van der Waals surface area contributed by atoms with Gasteiger partial charge in [-0.05, 0) is 25.0 Å². The zero-order valence-electron chi connectivity index (χ0n) is 7.48. The summed E-state index contributed by atoms with van der Waals surface area (Å²) in [6.07, 6.45) is 3.61. The molecule has 1 N–H and O–H groups in total. The van der Waals surface area contributed by atoms with Crippen LogP contribution in [0.3, 0.4) is 0 Å². The van der Waals surface area contributed by atoms with Crippen LogP contribution in [0.5, 0.6) is 0 Å². The van der Waals surface area contributed by atoms with Crippen molar-refractivity contribution in [2.24, 2.45) is 0 Å². The zero-order chi connectivity index (χ0) is 9.14. The van der Waals surface area contributed by atoms with Gasteiger partial charge in [-0.3, -0.25) is 4.79 Å². The molecule has 0 spiro atoms. The lowest BCUT2D eigenvalue weighted by Crippen LogP contribution is -2.13. The Kier molecular flexibility index (Phi) is 2.48. The van der Waals surface area contributed by atoms with Crippen LogP contribution in [0.15, 0.2) is 35.5 Å². The smallest absolute Gasteiger partial charge is 0.251 e. The molecule has 1 rings (SSSR count). The van der Waals surface area contributed by atoms with Crippen molar-refractivity contribution in [3.8, 4) is 0 Å². The summed E-state index contributed by atoms with van der Waals surface area (Å²) >= 11 is 0. The van der Waals surface area contributed by atoms with Gasteiger partial charge in [-0.1, -0.05) is 18.7 Å². The molecule has 1 aliphatic heterocycles. The third-order valence-corrected chi connectivity index (χ3v) is 2.07. The van der Waals surface area contributed by atoms with Crippen molar-refractivity contribution < 1.29 is 4.79 Å². The van der Waals surface area contributed by atoms with Gasteiger partial charge in [0.15, 0.2) is 0 Å². The Balaban J connectivity index is 3.11. The number of rotatable bonds is 1. The average Bonchev–Trinajstić information content (AvgIpc) is 2.45. The highest BCUT2D eigenvalue weighted by Gasteiger charge is 2.21. The number of amides is 1. The van der Waals surface area contributed by atoms with Crippen LogP contribution in [-0.2, 0) is 4.79 Å². The molecule has 1 heterocycles.